The van der Waals surface area contributed by atoms with Crippen LogP contribution < -0.4 is 10.6 Å². The van der Waals surface area contributed by atoms with Crippen molar-refractivity contribution >= 4 is 28.7 Å². The van der Waals surface area contributed by atoms with E-state index in [0.29, 0.717) is 5.69 Å². The number of hydrogen-bond donors (Lipinski definition) is 2. The number of aromatic nitrogens is 3. The van der Waals surface area contributed by atoms with Gasteiger partial charge in [0.2, 0.25) is 0 Å². The number of fused-ring (bicyclic) bond motifs is 1. The Balaban J connectivity index is 1.57. The first-order valence-corrected chi connectivity index (χ1v) is 10.1. The number of carbonyl (C=O) groups is 1. The normalized spacial score (nSPS) is 11.6. The second kappa shape index (κ2) is 8.03. The molecule has 4 rings (SSSR count). The largest absolute Gasteiger partial charge is 0.405 e. The van der Waals surface area contributed by atoms with Crippen molar-refractivity contribution in [2.75, 3.05) is 11.9 Å². The predicted molar refractivity (Wildman–Crippen MR) is 114 cm³/mol. The highest BCUT2D eigenvalue weighted by Crippen LogP contribution is 2.30. The summed E-state index contributed by atoms with van der Waals surface area (Å²) in [6.07, 6.45) is -0.861. The third-order valence-electron chi connectivity index (χ3n) is 4.65. The van der Waals surface area contributed by atoms with Crippen LogP contribution in [0.3, 0.4) is 0 Å². The highest BCUT2D eigenvalue weighted by molar-refractivity contribution is 7.15. The van der Waals surface area contributed by atoms with Gasteiger partial charge in [-0.1, -0.05) is 12.1 Å². The third-order valence-corrected chi connectivity index (χ3v) is 5.78. The number of nitrogens with one attached hydrogen (secondary N) is 2. The number of pyridine rings is 1. The summed E-state index contributed by atoms with van der Waals surface area (Å²) < 4.78 is 38.7. The molecule has 0 atom stereocenters. The van der Waals surface area contributed by atoms with Crippen molar-refractivity contribution in [3.63, 3.8) is 0 Å². The van der Waals surface area contributed by atoms with E-state index in [1.54, 1.807) is 41.0 Å². The fourth-order valence-electron chi connectivity index (χ4n) is 3.04. The smallest absolute Gasteiger partial charge is 0.329 e. The quantitative estimate of drug-likeness (QED) is 0.440. The summed E-state index contributed by atoms with van der Waals surface area (Å²) in [6.45, 7) is 2.62. The lowest BCUT2D eigenvalue weighted by Gasteiger charge is -2.10. The molecule has 4 aromatic rings. The zero-order valence-electron chi connectivity index (χ0n) is 16.6. The Morgan fingerprint density at radius 3 is 2.68 bits per heavy atom. The summed E-state index contributed by atoms with van der Waals surface area (Å²) >= 11 is 1.63. The van der Waals surface area contributed by atoms with Gasteiger partial charge >= 0.3 is 12.2 Å². The number of urea groups is 1. The minimum Gasteiger partial charge on any atom is -0.329 e. The minimum absolute atomic E-state index is 0.373. The molecule has 160 valence electrons. The van der Waals surface area contributed by atoms with Gasteiger partial charge in [0.05, 0.1) is 17.6 Å². The zero-order chi connectivity index (χ0) is 22.2. The van der Waals surface area contributed by atoms with Crippen molar-refractivity contribution in [2.45, 2.75) is 20.0 Å². The Hall–Kier alpha value is -3.40. The molecular weight excluding hydrogens is 427 g/mol. The topological polar surface area (TPSA) is 71.3 Å². The molecule has 0 radical (unpaired) electrons. The van der Waals surface area contributed by atoms with Crippen LogP contribution in [-0.4, -0.2) is 33.1 Å². The van der Waals surface area contributed by atoms with Gasteiger partial charge in [0, 0.05) is 27.9 Å². The first kappa shape index (κ1) is 20.9. The number of aryl methyl sites for hydroxylation is 2. The SMILES string of the molecule is Cc1nc(-c2ccn3c(-c4cccc(NC(=O)NCC(F)(F)F)c4)cnc3c2)sc1C. The van der Waals surface area contributed by atoms with E-state index in [1.807, 2.05) is 42.6 Å². The molecule has 2 amide bonds. The van der Waals surface area contributed by atoms with Crippen LogP contribution in [0.2, 0.25) is 0 Å². The molecular formula is C21H18F3N5OS. The van der Waals surface area contributed by atoms with E-state index in [2.05, 4.69) is 15.3 Å². The molecule has 3 aromatic heterocycles. The summed E-state index contributed by atoms with van der Waals surface area (Å²) in [5.41, 5.74) is 4.63. The molecule has 10 heteroatoms. The molecule has 0 bridgehead atoms. The van der Waals surface area contributed by atoms with E-state index in [4.69, 9.17) is 0 Å². The summed E-state index contributed by atoms with van der Waals surface area (Å²) in [5, 5.41) is 5.13. The van der Waals surface area contributed by atoms with Gasteiger partial charge in [-0.25, -0.2) is 14.8 Å². The number of benzene rings is 1. The van der Waals surface area contributed by atoms with E-state index in [1.165, 1.54) is 4.88 Å². The van der Waals surface area contributed by atoms with E-state index in [9.17, 15) is 18.0 Å². The zero-order valence-corrected chi connectivity index (χ0v) is 17.4. The molecule has 0 aliphatic heterocycles. The van der Waals surface area contributed by atoms with Crippen LogP contribution in [0.15, 0.2) is 48.8 Å². The molecule has 1 aromatic carbocycles. The van der Waals surface area contributed by atoms with Crippen molar-refractivity contribution in [1.29, 1.82) is 0 Å². The van der Waals surface area contributed by atoms with Gasteiger partial charge in [-0.2, -0.15) is 13.2 Å². The van der Waals surface area contributed by atoms with E-state index in [-0.39, 0.29) is 0 Å². The molecule has 3 heterocycles. The molecule has 0 unspecified atom stereocenters. The van der Waals surface area contributed by atoms with Gasteiger partial charge in [0.25, 0.3) is 0 Å². The van der Waals surface area contributed by atoms with E-state index < -0.39 is 18.8 Å². The maximum absolute atomic E-state index is 12.3. The highest BCUT2D eigenvalue weighted by atomic mass is 32.1. The Morgan fingerprint density at radius 2 is 1.97 bits per heavy atom. The van der Waals surface area contributed by atoms with Crippen LogP contribution in [0.1, 0.15) is 10.6 Å². The minimum atomic E-state index is -4.47. The maximum atomic E-state index is 12.3. The number of thiazole rings is 1. The fourth-order valence-corrected chi connectivity index (χ4v) is 3.95. The molecule has 0 aliphatic rings. The Bertz CT molecular complexity index is 1240. The molecule has 31 heavy (non-hydrogen) atoms. The van der Waals surface area contributed by atoms with Crippen LogP contribution in [0, 0.1) is 13.8 Å². The molecule has 0 saturated heterocycles. The van der Waals surface area contributed by atoms with Crippen LogP contribution in [-0.2, 0) is 0 Å². The molecule has 2 N–H and O–H groups in total. The average molecular weight is 445 g/mol. The summed E-state index contributed by atoms with van der Waals surface area (Å²) in [4.78, 5) is 22.0. The molecule has 0 fully saturated rings. The van der Waals surface area contributed by atoms with Crippen molar-refractivity contribution in [2.24, 2.45) is 0 Å². The van der Waals surface area contributed by atoms with Crippen LogP contribution >= 0.6 is 11.3 Å². The summed E-state index contributed by atoms with van der Waals surface area (Å²) in [5.74, 6) is 0. The monoisotopic (exact) mass is 445 g/mol. The number of imidazole rings is 1. The van der Waals surface area contributed by atoms with Gasteiger partial charge in [-0.15, -0.1) is 11.3 Å². The van der Waals surface area contributed by atoms with Crippen LogP contribution in [0.4, 0.5) is 23.7 Å². The highest BCUT2D eigenvalue weighted by Gasteiger charge is 2.27. The first-order valence-electron chi connectivity index (χ1n) is 9.33. The Morgan fingerprint density at radius 1 is 1.16 bits per heavy atom. The molecule has 0 aliphatic carbocycles. The number of amides is 2. The van der Waals surface area contributed by atoms with Crippen molar-refractivity contribution < 1.29 is 18.0 Å². The van der Waals surface area contributed by atoms with E-state index >= 15 is 0 Å². The van der Waals surface area contributed by atoms with Crippen molar-refractivity contribution in [1.82, 2.24) is 19.7 Å². The van der Waals surface area contributed by atoms with E-state index in [0.717, 1.165) is 33.2 Å². The number of nitrogens with zero attached hydrogens (tertiary/aromatic N) is 3. The maximum Gasteiger partial charge on any atom is 0.405 e. The van der Waals surface area contributed by atoms with Gasteiger partial charge in [0.1, 0.15) is 17.2 Å². The molecule has 6 nitrogen and oxygen atoms in total. The lowest BCUT2D eigenvalue weighted by Crippen LogP contribution is -2.36. The summed E-state index contributed by atoms with van der Waals surface area (Å²) in [7, 11) is 0. The number of rotatable bonds is 4. The Labute approximate surface area is 179 Å². The fraction of sp³-hybridized carbons (Fsp3) is 0.190. The summed E-state index contributed by atoms with van der Waals surface area (Å²) in [6, 6.07) is 9.82. The number of hydrogen-bond acceptors (Lipinski definition) is 4. The van der Waals surface area contributed by atoms with Gasteiger partial charge < -0.3 is 10.6 Å². The van der Waals surface area contributed by atoms with Gasteiger partial charge in [-0.05, 0) is 38.1 Å². The van der Waals surface area contributed by atoms with Crippen molar-refractivity contribution in [3.05, 3.63) is 59.4 Å². The number of halogens is 3. The standard InChI is InChI=1S/C21H18F3N5OS/c1-12-13(2)31-19(27-12)15-6-7-29-17(10-25-18(29)9-15)14-4-3-5-16(8-14)28-20(30)26-11-21(22,23)24/h3-10H,11H2,1-2H3,(H2,26,28,30). The van der Waals surface area contributed by atoms with Crippen LogP contribution in [0.25, 0.3) is 27.5 Å². The lowest BCUT2D eigenvalue weighted by molar-refractivity contribution is -0.122. The number of carbonyl (C=O) groups excluding carboxylic acids is 1. The first-order chi connectivity index (χ1) is 14.7. The Kier molecular flexibility index (Phi) is 5.40. The third kappa shape index (κ3) is 4.69. The molecule has 0 saturated carbocycles. The lowest BCUT2D eigenvalue weighted by atomic mass is 10.1. The average Bonchev–Trinajstić information content (AvgIpc) is 3.29. The second-order valence-corrected chi connectivity index (χ2v) is 8.15. The van der Waals surface area contributed by atoms with Gasteiger partial charge in [0.15, 0.2) is 0 Å². The predicted octanol–water partition coefficient (Wildman–Crippen LogP) is 5.43. The molecule has 0 spiro atoms. The second-order valence-electron chi connectivity index (χ2n) is 6.95. The van der Waals surface area contributed by atoms with Crippen LogP contribution in [0.5, 0.6) is 0 Å². The number of alkyl halides is 3. The van der Waals surface area contributed by atoms with Crippen molar-refractivity contribution in [3.8, 4) is 21.8 Å². The van der Waals surface area contributed by atoms with Gasteiger partial charge in [-0.3, -0.25) is 4.40 Å². The number of anilines is 1.